The molecule has 1 aromatic rings. The third kappa shape index (κ3) is 4.09. The highest BCUT2D eigenvalue weighted by molar-refractivity contribution is 9.10. The second kappa shape index (κ2) is 6.97. The van der Waals surface area contributed by atoms with Gasteiger partial charge in [0.1, 0.15) is 5.82 Å². The number of rotatable bonds is 5. The van der Waals surface area contributed by atoms with Crippen molar-refractivity contribution in [2.24, 2.45) is 11.3 Å². The molecule has 0 spiro atoms. The highest BCUT2D eigenvalue weighted by atomic mass is 79.9. The van der Waals surface area contributed by atoms with E-state index in [0.29, 0.717) is 33.5 Å². The van der Waals surface area contributed by atoms with E-state index in [4.69, 9.17) is 0 Å². The minimum absolute atomic E-state index is 0.0456. The first-order valence-electron chi connectivity index (χ1n) is 6.58. The fourth-order valence-corrected chi connectivity index (χ4v) is 7.33. The second-order valence-corrected chi connectivity index (χ2v) is 9.91. The molecule has 0 aromatic heterocycles. The number of alkyl halides is 2. The summed E-state index contributed by atoms with van der Waals surface area (Å²) in [6.45, 7) is 0. The van der Waals surface area contributed by atoms with Crippen LogP contribution in [0.3, 0.4) is 0 Å². The normalized spacial score (nSPS) is 21.6. The predicted molar refractivity (Wildman–Crippen MR) is 94.6 cm³/mol. The molecular weight excluding hydrogens is 491 g/mol. The van der Waals surface area contributed by atoms with Gasteiger partial charge in [-0.15, -0.1) is 0 Å². The molecule has 2 rings (SSSR count). The van der Waals surface area contributed by atoms with Crippen molar-refractivity contribution in [2.45, 2.75) is 12.8 Å². The highest BCUT2D eigenvalue weighted by Gasteiger charge is 2.43. The predicted octanol–water partition coefficient (Wildman–Crippen LogP) is 4.34. The molecule has 0 N–H and O–H groups in total. The summed E-state index contributed by atoms with van der Waals surface area (Å²) >= 11 is 10.3. The van der Waals surface area contributed by atoms with Crippen LogP contribution in [0.2, 0.25) is 0 Å². The molecule has 0 radical (unpaired) electrons. The number of halogens is 4. The van der Waals surface area contributed by atoms with Gasteiger partial charge in [-0.3, -0.25) is 0 Å². The van der Waals surface area contributed by atoms with Crippen LogP contribution in [-0.4, -0.2) is 30.6 Å². The van der Waals surface area contributed by atoms with Crippen molar-refractivity contribution >= 4 is 57.6 Å². The summed E-state index contributed by atoms with van der Waals surface area (Å²) in [6, 6.07) is 5.04. The lowest BCUT2D eigenvalue weighted by atomic mass is 9.74. The fraction of sp³-hybridized carbons (Fsp3) is 0.571. The van der Waals surface area contributed by atoms with E-state index in [1.807, 2.05) is 6.07 Å². The van der Waals surface area contributed by atoms with E-state index in [2.05, 4.69) is 47.8 Å². The third-order valence-electron chi connectivity index (χ3n) is 4.19. The Balaban J connectivity index is 2.30. The quantitative estimate of drug-likeness (QED) is 0.557. The van der Waals surface area contributed by atoms with Gasteiger partial charge in [0.05, 0.1) is 11.5 Å². The van der Waals surface area contributed by atoms with Gasteiger partial charge in [-0.25, -0.2) is 12.8 Å². The molecule has 0 bridgehead atoms. The molecule has 1 aliphatic heterocycles. The van der Waals surface area contributed by atoms with Gasteiger partial charge >= 0.3 is 0 Å². The summed E-state index contributed by atoms with van der Waals surface area (Å²) in [4.78, 5) is 0. The first kappa shape index (κ1) is 17.9. The van der Waals surface area contributed by atoms with Crippen molar-refractivity contribution in [3.63, 3.8) is 0 Å². The first-order chi connectivity index (χ1) is 9.82. The lowest BCUT2D eigenvalue weighted by Crippen LogP contribution is -2.37. The fourth-order valence-electron chi connectivity index (χ4n) is 2.82. The molecule has 1 atom stereocenters. The molecule has 7 heteroatoms. The standard InChI is InChI=1S/C14H16Br3FO2S/c15-8-14(9-16,11-3-4-21(19,20)7-11)6-10-1-2-12(17)5-13(10)18/h1-2,5,11H,3-4,6-9H2. The topological polar surface area (TPSA) is 34.1 Å². The Morgan fingerprint density at radius 3 is 2.43 bits per heavy atom. The summed E-state index contributed by atoms with van der Waals surface area (Å²) in [6.07, 6.45) is 1.17. The average Bonchev–Trinajstić information content (AvgIpc) is 2.79. The Bertz CT molecular complexity index is 615. The van der Waals surface area contributed by atoms with Crippen molar-refractivity contribution in [1.82, 2.24) is 0 Å². The Morgan fingerprint density at radius 1 is 1.29 bits per heavy atom. The molecule has 0 saturated carbocycles. The second-order valence-electron chi connectivity index (χ2n) is 5.64. The van der Waals surface area contributed by atoms with Crippen molar-refractivity contribution in [1.29, 1.82) is 0 Å². The van der Waals surface area contributed by atoms with Gasteiger partial charge in [0.15, 0.2) is 9.84 Å². The van der Waals surface area contributed by atoms with E-state index in [0.717, 1.165) is 0 Å². The van der Waals surface area contributed by atoms with Gasteiger partial charge in [-0.1, -0.05) is 53.9 Å². The van der Waals surface area contributed by atoms with E-state index in [-0.39, 0.29) is 28.7 Å². The maximum absolute atomic E-state index is 14.1. The zero-order chi connectivity index (χ0) is 15.7. The molecule has 1 saturated heterocycles. The van der Waals surface area contributed by atoms with Crippen LogP contribution in [0.25, 0.3) is 0 Å². The SMILES string of the molecule is O=S1(=O)CCC(C(CBr)(CBr)Cc2ccc(Br)cc2F)C1. The smallest absolute Gasteiger partial charge is 0.150 e. The molecule has 21 heavy (non-hydrogen) atoms. The Labute approximate surface area is 150 Å². The van der Waals surface area contributed by atoms with E-state index in [1.165, 1.54) is 6.07 Å². The molecule has 118 valence electrons. The number of benzene rings is 1. The average molecular weight is 507 g/mol. The zero-order valence-corrected chi connectivity index (χ0v) is 16.9. The molecule has 1 unspecified atom stereocenters. The molecular formula is C14H16Br3FO2S. The maximum atomic E-state index is 14.1. The number of sulfone groups is 1. The first-order valence-corrected chi connectivity index (χ1v) is 11.4. The van der Waals surface area contributed by atoms with Gasteiger partial charge in [0, 0.05) is 15.1 Å². The van der Waals surface area contributed by atoms with Crippen LogP contribution in [-0.2, 0) is 16.3 Å². The molecule has 0 aliphatic carbocycles. The Morgan fingerprint density at radius 2 is 1.95 bits per heavy atom. The van der Waals surface area contributed by atoms with Crippen LogP contribution in [0, 0.1) is 17.2 Å². The summed E-state index contributed by atoms with van der Waals surface area (Å²) in [5.74, 6) is 0.228. The van der Waals surface area contributed by atoms with Crippen molar-refractivity contribution < 1.29 is 12.8 Å². The van der Waals surface area contributed by atoms with Gasteiger partial charge in [0.25, 0.3) is 0 Å². The van der Waals surface area contributed by atoms with Gasteiger partial charge in [-0.2, -0.15) is 0 Å². The van der Waals surface area contributed by atoms with E-state index in [1.54, 1.807) is 6.07 Å². The lowest BCUT2D eigenvalue weighted by molar-refractivity contribution is 0.250. The largest absolute Gasteiger partial charge is 0.229 e. The summed E-state index contributed by atoms with van der Waals surface area (Å²) in [5, 5.41) is 1.28. The van der Waals surface area contributed by atoms with Gasteiger partial charge in [-0.05, 0) is 41.9 Å². The minimum Gasteiger partial charge on any atom is -0.229 e. The van der Waals surface area contributed by atoms with Crippen LogP contribution in [0.15, 0.2) is 22.7 Å². The molecule has 1 aliphatic rings. The Kier molecular flexibility index (Phi) is 5.94. The lowest BCUT2D eigenvalue weighted by Gasteiger charge is -2.36. The number of hydrogen-bond acceptors (Lipinski definition) is 2. The minimum atomic E-state index is -2.95. The summed E-state index contributed by atoms with van der Waals surface area (Å²) in [7, 11) is -2.95. The highest BCUT2D eigenvalue weighted by Crippen LogP contribution is 2.42. The van der Waals surface area contributed by atoms with E-state index < -0.39 is 9.84 Å². The molecule has 0 amide bonds. The molecule has 1 fully saturated rings. The molecule has 1 aromatic carbocycles. The Hall–Kier alpha value is 0.540. The monoisotopic (exact) mass is 504 g/mol. The van der Waals surface area contributed by atoms with Crippen LogP contribution in [0.4, 0.5) is 4.39 Å². The molecule has 2 nitrogen and oxygen atoms in total. The summed E-state index contributed by atoms with van der Waals surface area (Å²) in [5.41, 5.74) is 0.333. The van der Waals surface area contributed by atoms with Crippen molar-refractivity contribution in [3.05, 3.63) is 34.1 Å². The van der Waals surface area contributed by atoms with E-state index >= 15 is 0 Å². The van der Waals surface area contributed by atoms with Crippen molar-refractivity contribution in [3.8, 4) is 0 Å². The summed E-state index contributed by atoms with van der Waals surface area (Å²) < 4.78 is 38.4. The maximum Gasteiger partial charge on any atom is 0.150 e. The molecule has 1 heterocycles. The number of hydrogen-bond donors (Lipinski definition) is 0. The van der Waals surface area contributed by atoms with Crippen LogP contribution in [0.5, 0.6) is 0 Å². The van der Waals surface area contributed by atoms with Crippen LogP contribution in [0.1, 0.15) is 12.0 Å². The van der Waals surface area contributed by atoms with E-state index in [9.17, 15) is 12.8 Å². The van der Waals surface area contributed by atoms with Crippen molar-refractivity contribution in [2.75, 3.05) is 22.2 Å². The zero-order valence-electron chi connectivity index (χ0n) is 11.3. The van der Waals surface area contributed by atoms with Crippen LogP contribution < -0.4 is 0 Å². The third-order valence-corrected chi connectivity index (χ3v) is 8.68. The van der Waals surface area contributed by atoms with Gasteiger partial charge < -0.3 is 0 Å². The van der Waals surface area contributed by atoms with Gasteiger partial charge in [0.2, 0.25) is 0 Å². The van der Waals surface area contributed by atoms with Crippen LogP contribution >= 0.6 is 47.8 Å².